The van der Waals surface area contributed by atoms with Crippen LogP contribution in [0.15, 0.2) is 18.2 Å². The van der Waals surface area contributed by atoms with Gasteiger partial charge in [-0.15, -0.1) is 0 Å². The smallest absolute Gasteiger partial charge is 0.378 e. The van der Waals surface area contributed by atoms with Gasteiger partial charge in [0.2, 0.25) is 0 Å². The molecule has 1 aromatic rings. The first-order valence-corrected chi connectivity index (χ1v) is 5.39. The Morgan fingerprint density at radius 1 is 1.33 bits per heavy atom. The van der Waals surface area contributed by atoms with Crippen LogP contribution in [0.1, 0.15) is 22.3 Å². The molecule has 0 amide bonds. The molecule has 0 unspecified atom stereocenters. The van der Waals surface area contributed by atoms with E-state index in [1.807, 2.05) is 0 Å². The van der Waals surface area contributed by atoms with E-state index in [0.29, 0.717) is 5.69 Å². The molecule has 1 rings (SSSR count). The number of Topliss-reactive ketones (excluding diaryl/α,β-unsaturated/α-hetero) is 1. The molecule has 0 saturated heterocycles. The van der Waals surface area contributed by atoms with E-state index in [9.17, 15) is 18.0 Å². The van der Waals surface area contributed by atoms with Gasteiger partial charge in [0.05, 0.1) is 5.56 Å². The highest BCUT2D eigenvalue weighted by molar-refractivity contribution is 5.98. The predicted octanol–water partition coefficient (Wildman–Crippen LogP) is 2.30. The van der Waals surface area contributed by atoms with Crippen molar-refractivity contribution in [3.8, 4) is 0 Å². The van der Waals surface area contributed by atoms with Gasteiger partial charge >= 0.3 is 6.18 Å². The van der Waals surface area contributed by atoms with Gasteiger partial charge in [-0.05, 0) is 24.7 Å². The summed E-state index contributed by atoms with van der Waals surface area (Å²) in [6, 6.07) is 3.52. The molecular weight excluding hydrogens is 245 g/mol. The molecule has 0 radical (unpaired) electrons. The van der Waals surface area contributed by atoms with E-state index in [4.69, 9.17) is 5.73 Å². The van der Waals surface area contributed by atoms with Gasteiger partial charge in [0, 0.05) is 31.8 Å². The number of carbonyl (C=O) groups is 1. The number of nitrogens with zero attached hydrogens (tertiary/aromatic N) is 1. The number of rotatable bonds is 4. The van der Waals surface area contributed by atoms with Crippen LogP contribution in [-0.2, 0) is 6.18 Å². The Balaban J connectivity index is 3.31. The van der Waals surface area contributed by atoms with Crippen molar-refractivity contribution in [3.63, 3.8) is 0 Å². The van der Waals surface area contributed by atoms with Crippen LogP contribution in [0.5, 0.6) is 0 Å². The lowest BCUT2D eigenvalue weighted by Crippen LogP contribution is -2.17. The fraction of sp³-hybridized carbons (Fsp3) is 0.417. The number of halogens is 3. The third kappa shape index (κ3) is 3.22. The molecule has 0 aliphatic rings. The van der Waals surface area contributed by atoms with E-state index >= 15 is 0 Å². The fourth-order valence-corrected chi connectivity index (χ4v) is 1.55. The number of hydrogen-bond donors (Lipinski definition) is 1. The van der Waals surface area contributed by atoms with Crippen molar-refractivity contribution >= 4 is 11.5 Å². The number of anilines is 1. The average Bonchev–Trinajstić information content (AvgIpc) is 2.27. The van der Waals surface area contributed by atoms with E-state index in [1.54, 1.807) is 19.0 Å². The molecule has 0 aromatic heterocycles. The number of ketones is 1. The van der Waals surface area contributed by atoms with Crippen LogP contribution < -0.4 is 10.6 Å². The normalized spacial score (nSPS) is 11.4. The van der Waals surface area contributed by atoms with E-state index in [2.05, 4.69) is 0 Å². The maximum Gasteiger partial charge on any atom is 0.417 e. The van der Waals surface area contributed by atoms with Crippen molar-refractivity contribution in [2.45, 2.75) is 12.6 Å². The maximum atomic E-state index is 12.8. The van der Waals surface area contributed by atoms with Crippen molar-refractivity contribution in [1.29, 1.82) is 0 Å². The second-order valence-corrected chi connectivity index (χ2v) is 4.08. The fourth-order valence-electron chi connectivity index (χ4n) is 1.55. The van der Waals surface area contributed by atoms with Crippen molar-refractivity contribution in [1.82, 2.24) is 0 Å². The van der Waals surface area contributed by atoms with Crippen molar-refractivity contribution in [2.75, 3.05) is 25.5 Å². The summed E-state index contributed by atoms with van der Waals surface area (Å²) < 4.78 is 38.4. The molecular formula is C12H15F3N2O. The van der Waals surface area contributed by atoms with Gasteiger partial charge in [-0.1, -0.05) is 0 Å². The minimum absolute atomic E-state index is 0.0301. The van der Waals surface area contributed by atoms with Crippen molar-refractivity contribution in [3.05, 3.63) is 29.3 Å². The van der Waals surface area contributed by atoms with Gasteiger partial charge in [-0.3, -0.25) is 4.79 Å². The Morgan fingerprint density at radius 3 is 2.39 bits per heavy atom. The number of carbonyl (C=O) groups excluding carboxylic acids is 1. The maximum absolute atomic E-state index is 12.8. The summed E-state index contributed by atoms with van der Waals surface area (Å²) in [5.41, 5.74) is 4.53. The molecule has 0 fully saturated rings. The molecule has 2 N–H and O–H groups in total. The highest BCUT2D eigenvalue weighted by Crippen LogP contribution is 2.34. The molecule has 0 aliphatic heterocycles. The zero-order chi connectivity index (χ0) is 13.9. The quantitative estimate of drug-likeness (QED) is 0.845. The Labute approximate surface area is 103 Å². The number of hydrogen-bond acceptors (Lipinski definition) is 3. The van der Waals surface area contributed by atoms with E-state index < -0.39 is 17.5 Å². The van der Waals surface area contributed by atoms with Crippen LogP contribution >= 0.6 is 0 Å². The third-order valence-corrected chi connectivity index (χ3v) is 2.50. The van der Waals surface area contributed by atoms with Crippen LogP contribution in [0.4, 0.5) is 18.9 Å². The van der Waals surface area contributed by atoms with E-state index in [1.165, 1.54) is 12.1 Å². The minimum Gasteiger partial charge on any atom is -0.378 e. The Kier molecular flexibility index (Phi) is 4.34. The Bertz CT molecular complexity index is 441. The SMILES string of the molecule is CN(C)c1ccc(C(F)(F)F)c(C(=O)CCN)c1. The first kappa shape index (κ1) is 14.5. The summed E-state index contributed by atoms with van der Waals surface area (Å²) >= 11 is 0. The first-order chi connectivity index (χ1) is 8.27. The van der Waals surface area contributed by atoms with Gasteiger partial charge in [0.1, 0.15) is 0 Å². The molecule has 0 bridgehead atoms. The zero-order valence-electron chi connectivity index (χ0n) is 10.2. The topological polar surface area (TPSA) is 46.3 Å². The largest absolute Gasteiger partial charge is 0.417 e. The lowest BCUT2D eigenvalue weighted by molar-refractivity contribution is -0.137. The van der Waals surface area contributed by atoms with Gasteiger partial charge in [-0.25, -0.2) is 0 Å². The summed E-state index contributed by atoms with van der Waals surface area (Å²) in [7, 11) is 3.39. The van der Waals surface area contributed by atoms with Gasteiger partial charge in [0.15, 0.2) is 5.78 Å². The lowest BCUT2D eigenvalue weighted by Gasteiger charge is -2.17. The molecule has 18 heavy (non-hydrogen) atoms. The number of alkyl halides is 3. The first-order valence-electron chi connectivity index (χ1n) is 5.39. The van der Waals surface area contributed by atoms with Crippen LogP contribution in [-0.4, -0.2) is 26.4 Å². The Hall–Kier alpha value is -1.56. The second-order valence-electron chi connectivity index (χ2n) is 4.08. The monoisotopic (exact) mass is 260 g/mol. The number of benzene rings is 1. The summed E-state index contributed by atoms with van der Waals surface area (Å²) in [6.45, 7) is 0.0301. The molecule has 0 atom stereocenters. The molecule has 0 heterocycles. The molecule has 100 valence electrons. The van der Waals surface area contributed by atoms with Gasteiger partial charge < -0.3 is 10.6 Å². The molecule has 0 spiro atoms. The highest BCUT2D eigenvalue weighted by Gasteiger charge is 2.35. The van der Waals surface area contributed by atoms with Gasteiger partial charge in [-0.2, -0.15) is 13.2 Å². The summed E-state index contributed by atoms with van der Waals surface area (Å²) in [5.74, 6) is -0.589. The molecule has 0 saturated carbocycles. The molecule has 0 aliphatic carbocycles. The molecule has 6 heteroatoms. The van der Waals surface area contributed by atoms with Crippen molar-refractivity contribution < 1.29 is 18.0 Å². The Morgan fingerprint density at radius 2 is 1.94 bits per heavy atom. The predicted molar refractivity (Wildman–Crippen MR) is 63.8 cm³/mol. The van der Waals surface area contributed by atoms with Gasteiger partial charge in [0.25, 0.3) is 0 Å². The van der Waals surface area contributed by atoms with E-state index in [-0.39, 0.29) is 18.5 Å². The summed E-state index contributed by atoms with van der Waals surface area (Å²) in [4.78, 5) is 13.3. The number of nitrogens with two attached hydrogens (primary N) is 1. The molecule has 3 nitrogen and oxygen atoms in total. The summed E-state index contributed by atoms with van der Waals surface area (Å²) in [6.07, 6.45) is -4.63. The third-order valence-electron chi connectivity index (χ3n) is 2.50. The van der Waals surface area contributed by atoms with Crippen LogP contribution in [0.2, 0.25) is 0 Å². The van der Waals surface area contributed by atoms with Crippen LogP contribution in [0, 0.1) is 0 Å². The molecule has 1 aromatic carbocycles. The van der Waals surface area contributed by atoms with Crippen LogP contribution in [0.3, 0.4) is 0 Å². The lowest BCUT2D eigenvalue weighted by atomic mass is 10.00. The minimum atomic E-state index is -4.54. The van der Waals surface area contributed by atoms with E-state index in [0.717, 1.165) is 6.07 Å². The zero-order valence-corrected chi connectivity index (χ0v) is 10.2. The second kappa shape index (κ2) is 5.39. The average molecular weight is 260 g/mol. The summed E-state index contributed by atoms with van der Waals surface area (Å²) in [5, 5.41) is 0. The standard InChI is InChI=1S/C12H15F3N2O/c1-17(2)8-3-4-10(12(13,14)15)9(7-8)11(18)5-6-16/h3-4,7H,5-6,16H2,1-2H3. The van der Waals surface area contributed by atoms with Crippen molar-refractivity contribution in [2.24, 2.45) is 5.73 Å². The van der Waals surface area contributed by atoms with Crippen LogP contribution in [0.25, 0.3) is 0 Å². The highest BCUT2D eigenvalue weighted by atomic mass is 19.4.